The number of rotatable bonds is 5. The number of carbonyl (C=O) groups excluding carboxylic acids is 1. The second kappa shape index (κ2) is 8.95. The van der Waals surface area contributed by atoms with E-state index in [0.717, 1.165) is 22.8 Å². The van der Waals surface area contributed by atoms with E-state index in [-0.39, 0.29) is 24.4 Å². The number of urea groups is 1. The van der Waals surface area contributed by atoms with Crippen molar-refractivity contribution in [2.45, 2.75) is 18.9 Å². The van der Waals surface area contributed by atoms with E-state index in [1.165, 1.54) is 6.07 Å². The van der Waals surface area contributed by atoms with Crippen LogP contribution in [0.1, 0.15) is 11.1 Å². The molecule has 0 aliphatic carbocycles. The van der Waals surface area contributed by atoms with Crippen LogP contribution in [-0.4, -0.2) is 25.2 Å². The third-order valence-electron chi connectivity index (χ3n) is 5.08. The van der Waals surface area contributed by atoms with E-state index in [4.69, 9.17) is 4.74 Å². The summed E-state index contributed by atoms with van der Waals surface area (Å²) in [5.41, 5.74) is 3.85. The lowest BCUT2D eigenvalue weighted by atomic mass is 10.0. The van der Waals surface area contributed by atoms with E-state index in [1.54, 1.807) is 0 Å². The average molecular weight is 408 g/mol. The summed E-state index contributed by atoms with van der Waals surface area (Å²) in [6.07, 6.45) is 1.02. The molecule has 6 heteroatoms. The highest BCUT2D eigenvalue weighted by molar-refractivity contribution is 5.74. The number of carbonyl (C=O) groups is 1. The van der Waals surface area contributed by atoms with Gasteiger partial charge in [0.15, 0.2) is 11.6 Å². The number of hydrogen-bond acceptors (Lipinski definition) is 2. The maximum atomic E-state index is 13.7. The zero-order valence-corrected chi connectivity index (χ0v) is 16.3. The summed E-state index contributed by atoms with van der Waals surface area (Å²) in [6, 6.07) is 19.7. The number of benzene rings is 3. The average Bonchev–Trinajstić information content (AvgIpc) is 2.74. The van der Waals surface area contributed by atoms with Crippen LogP contribution in [-0.2, 0) is 12.8 Å². The normalized spacial score (nSPS) is 15.1. The van der Waals surface area contributed by atoms with Crippen molar-refractivity contribution < 1.29 is 18.3 Å². The quantitative estimate of drug-likeness (QED) is 0.654. The van der Waals surface area contributed by atoms with Crippen LogP contribution in [0.4, 0.5) is 13.6 Å². The van der Waals surface area contributed by atoms with Gasteiger partial charge in [-0.2, -0.15) is 0 Å². The molecule has 3 aromatic rings. The molecule has 2 N–H and O–H groups in total. The van der Waals surface area contributed by atoms with Crippen LogP contribution in [0.25, 0.3) is 11.1 Å². The van der Waals surface area contributed by atoms with E-state index < -0.39 is 11.6 Å². The monoisotopic (exact) mass is 408 g/mol. The molecule has 1 unspecified atom stereocenters. The molecule has 0 fully saturated rings. The van der Waals surface area contributed by atoms with Gasteiger partial charge in [-0.1, -0.05) is 54.6 Å². The van der Waals surface area contributed by atoms with Gasteiger partial charge in [-0.15, -0.1) is 0 Å². The molecule has 1 heterocycles. The fourth-order valence-electron chi connectivity index (χ4n) is 3.58. The molecule has 4 rings (SSSR count). The Morgan fingerprint density at radius 2 is 1.73 bits per heavy atom. The summed E-state index contributed by atoms with van der Waals surface area (Å²) in [4.78, 5) is 12.2. The van der Waals surface area contributed by atoms with Crippen molar-refractivity contribution >= 4 is 6.03 Å². The topological polar surface area (TPSA) is 50.4 Å². The molecule has 0 saturated heterocycles. The largest absolute Gasteiger partial charge is 0.488 e. The van der Waals surface area contributed by atoms with Crippen molar-refractivity contribution in [1.29, 1.82) is 0 Å². The standard InChI is InChI=1S/C24H22F2N2O2/c25-20-12-19-13-21(15-30-23(19)22(26)14-20)28-24(29)27-11-10-16-6-8-18(9-7-16)17-4-2-1-3-5-17/h1-9,12,14,21H,10-11,13,15H2,(H2,27,28,29). The third kappa shape index (κ3) is 4.76. The van der Waals surface area contributed by atoms with Crippen LogP contribution in [0.2, 0.25) is 0 Å². The molecule has 1 aliphatic heterocycles. The van der Waals surface area contributed by atoms with E-state index in [0.29, 0.717) is 24.9 Å². The molecule has 154 valence electrons. The Bertz CT molecular complexity index is 1020. The zero-order valence-electron chi connectivity index (χ0n) is 16.3. The Hall–Kier alpha value is -3.41. The lowest BCUT2D eigenvalue weighted by Gasteiger charge is -2.26. The minimum Gasteiger partial charge on any atom is -0.488 e. The van der Waals surface area contributed by atoms with Crippen molar-refractivity contribution in [3.05, 3.63) is 89.5 Å². The van der Waals surface area contributed by atoms with Crippen molar-refractivity contribution in [3.8, 4) is 16.9 Å². The van der Waals surface area contributed by atoms with Crippen molar-refractivity contribution in [2.24, 2.45) is 0 Å². The smallest absolute Gasteiger partial charge is 0.315 e. The van der Waals surface area contributed by atoms with Gasteiger partial charge in [0.2, 0.25) is 0 Å². The molecule has 0 aromatic heterocycles. The first-order valence-corrected chi connectivity index (χ1v) is 9.88. The van der Waals surface area contributed by atoms with Crippen LogP contribution < -0.4 is 15.4 Å². The first-order chi connectivity index (χ1) is 14.6. The number of fused-ring (bicyclic) bond motifs is 1. The summed E-state index contributed by atoms with van der Waals surface area (Å²) in [5.74, 6) is -1.31. The van der Waals surface area contributed by atoms with Gasteiger partial charge in [-0.25, -0.2) is 13.6 Å². The van der Waals surface area contributed by atoms with Gasteiger partial charge in [-0.3, -0.25) is 0 Å². The van der Waals surface area contributed by atoms with Gasteiger partial charge >= 0.3 is 6.03 Å². The van der Waals surface area contributed by atoms with Gasteiger partial charge in [0.25, 0.3) is 0 Å². The Kier molecular flexibility index (Phi) is 5.93. The molecule has 3 aromatic carbocycles. The molecular formula is C24H22F2N2O2. The Morgan fingerprint density at radius 3 is 2.50 bits per heavy atom. The lowest BCUT2D eigenvalue weighted by Crippen LogP contribution is -2.47. The maximum Gasteiger partial charge on any atom is 0.315 e. The molecule has 0 bridgehead atoms. The SMILES string of the molecule is O=C(NCCc1ccc(-c2ccccc2)cc1)NC1COc2c(F)cc(F)cc2C1. The molecule has 0 radical (unpaired) electrons. The molecule has 30 heavy (non-hydrogen) atoms. The molecular weight excluding hydrogens is 386 g/mol. The van der Waals surface area contributed by atoms with Crippen LogP contribution in [0.5, 0.6) is 5.75 Å². The van der Waals surface area contributed by atoms with Gasteiger partial charge in [0, 0.05) is 18.2 Å². The van der Waals surface area contributed by atoms with E-state index in [1.807, 2.05) is 18.2 Å². The second-order valence-corrected chi connectivity index (χ2v) is 7.30. The highest BCUT2D eigenvalue weighted by atomic mass is 19.1. The summed E-state index contributed by atoms with van der Waals surface area (Å²) in [6.45, 7) is 0.619. The number of amides is 2. The molecule has 2 amide bonds. The van der Waals surface area contributed by atoms with Crippen LogP contribution in [0.3, 0.4) is 0 Å². The summed E-state index contributed by atoms with van der Waals surface area (Å²) < 4.78 is 32.5. The van der Waals surface area contributed by atoms with E-state index in [9.17, 15) is 13.6 Å². The fourth-order valence-corrected chi connectivity index (χ4v) is 3.58. The van der Waals surface area contributed by atoms with Gasteiger partial charge in [-0.05, 0) is 35.6 Å². The van der Waals surface area contributed by atoms with Gasteiger partial charge < -0.3 is 15.4 Å². The highest BCUT2D eigenvalue weighted by Crippen LogP contribution is 2.29. The Morgan fingerprint density at radius 1 is 1.00 bits per heavy atom. The summed E-state index contributed by atoms with van der Waals surface area (Å²) in [5, 5.41) is 5.61. The molecule has 0 saturated carbocycles. The van der Waals surface area contributed by atoms with Crippen LogP contribution in [0.15, 0.2) is 66.7 Å². The Balaban J connectivity index is 1.24. The summed E-state index contributed by atoms with van der Waals surface area (Å²) in [7, 11) is 0. The first kappa shape index (κ1) is 19.9. The highest BCUT2D eigenvalue weighted by Gasteiger charge is 2.24. The fraction of sp³-hybridized carbons (Fsp3) is 0.208. The first-order valence-electron chi connectivity index (χ1n) is 9.88. The van der Waals surface area contributed by atoms with E-state index >= 15 is 0 Å². The zero-order chi connectivity index (χ0) is 20.9. The van der Waals surface area contributed by atoms with Crippen LogP contribution in [0, 0.1) is 11.6 Å². The number of ether oxygens (including phenoxy) is 1. The molecule has 0 spiro atoms. The molecule has 1 atom stereocenters. The predicted octanol–water partition coefficient (Wildman–Crippen LogP) is 4.48. The summed E-state index contributed by atoms with van der Waals surface area (Å²) >= 11 is 0. The minimum absolute atomic E-state index is 0.0637. The maximum absolute atomic E-state index is 13.7. The molecule has 4 nitrogen and oxygen atoms in total. The minimum atomic E-state index is -0.716. The Labute approximate surface area is 173 Å². The number of halogens is 2. The van der Waals surface area contributed by atoms with Crippen LogP contribution >= 0.6 is 0 Å². The van der Waals surface area contributed by atoms with Gasteiger partial charge in [0.1, 0.15) is 12.4 Å². The number of hydrogen-bond donors (Lipinski definition) is 2. The number of nitrogens with one attached hydrogen (secondary N) is 2. The lowest BCUT2D eigenvalue weighted by molar-refractivity contribution is 0.210. The third-order valence-corrected chi connectivity index (χ3v) is 5.08. The van der Waals surface area contributed by atoms with Crippen molar-refractivity contribution in [2.75, 3.05) is 13.2 Å². The van der Waals surface area contributed by atoms with Crippen molar-refractivity contribution in [3.63, 3.8) is 0 Å². The molecule has 1 aliphatic rings. The second-order valence-electron chi connectivity index (χ2n) is 7.30. The van der Waals surface area contributed by atoms with E-state index in [2.05, 4.69) is 47.0 Å². The predicted molar refractivity (Wildman–Crippen MR) is 111 cm³/mol. The van der Waals surface area contributed by atoms with Crippen molar-refractivity contribution in [1.82, 2.24) is 10.6 Å². The van der Waals surface area contributed by atoms with Gasteiger partial charge in [0.05, 0.1) is 6.04 Å².